The molecule has 3 nitrogen and oxygen atoms in total. The van der Waals surface area contributed by atoms with E-state index in [1.165, 1.54) is 22.8 Å². The summed E-state index contributed by atoms with van der Waals surface area (Å²) in [7, 11) is 0. The molecule has 0 aliphatic carbocycles. The Hall–Kier alpha value is -0.740. The van der Waals surface area contributed by atoms with Crippen molar-refractivity contribution in [3.63, 3.8) is 0 Å². The van der Waals surface area contributed by atoms with Crippen LogP contribution >= 0.6 is 11.8 Å². The summed E-state index contributed by atoms with van der Waals surface area (Å²) in [4.78, 5) is 6.75. The fourth-order valence-corrected chi connectivity index (χ4v) is 2.92. The highest BCUT2D eigenvalue weighted by Crippen LogP contribution is 2.23. The highest BCUT2D eigenvalue weighted by molar-refractivity contribution is 7.99. The molecule has 1 fully saturated rings. The van der Waals surface area contributed by atoms with E-state index in [0.29, 0.717) is 0 Å². The lowest BCUT2D eigenvalue weighted by Crippen LogP contribution is -2.37. The fourth-order valence-electron chi connectivity index (χ4n) is 2.01. The van der Waals surface area contributed by atoms with Crippen LogP contribution in [0.1, 0.15) is 26.3 Å². The number of aromatic nitrogens is 1. The van der Waals surface area contributed by atoms with Gasteiger partial charge in [0.2, 0.25) is 0 Å². The summed E-state index contributed by atoms with van der Waals surface area (Å²) >= 11 is 2.04. The van der Waals surface area contributed by atoms with Gasteiger partial charge in [-0.3, -0.25) is 4.98 Å². The SMILES string of the molecule is CC(C)(C)NCc1ccncc1N1CCSCC1. The number of thioether (sulfide) groups is 1. The number of pyridine rings is 1. The summed E-state index contributed by atoms with van der Waals surface area (Å²) in [6, 6.07) is 2.13. The van der Waals surface area contributed by atoms with Crippen molar-refractivity contribution < 1.29 is 0 Å². The Labute approximate surface area is 114 Å². The van der Waals surface area contributed by atoms with Crippen LogP contribution < -0.4 is 10.2 Å². The predicted octanol–water partition coefficient (Wildman–Crippen LogP) is 2.52. The third-order valence-electron chi connectivity index (χ3n) is 3.05. The van der Waals surface area contributed by atoms with Crippen molar-refractivity contribution in [3.8, 4) is 0 Å². The van der Waals surface area contributed by atoms with E-state index in [1.54, 1.807) is 0 Å². The van der Waals surface area contributed by atoms with Crippen LogP contribution in [-0.4, -0.2) is 35.1 Å². The van der Waals surface area contributed by atoms with Crippen LogP contribution in [0.3, 0.4) is 0 Å². The minimum Gasteiger partial charge on any atom is -0.368 e. The first-order valence-corrected chi connectivity index (χ1v) is 7.72. The van der Waals surface area contributed by atoms with Crippen molar-refractivity contribution >= 4 is 17.4 Å². The highest BCUT2D eigenvalue weighted by atomic mass is 32.2. The summed E-state index contributed by atoms with van der Waals surface area (Å²) in [5.74, 6) is 2.45. The fraction of sp³-hybridized carbons (Fsp3) is 0.643. The zero-order valence-electron chi connectivity index (χ0n) is 11.6. The molecule has 100 valence electrons. The minimum absolute atomic E-state index is 0.151. The summed E-state index contributed by atoms with van der Waals surface area (Å²) in [6.07, 6.45) is 3.90. The average Bonchev–Trinajstić information content (AvgIpc) is 2.37. The molecule has 0 spiro atoms. The number of nitrogens with one attached hydrogen (secondary N) is 1. The molecule has 0 bridgehead atoms. The van der Waals surface area contributed by atoms with Crippen molar-refractivity contribution in [2.45, 2.75) is 32.9 Å². The quantitative estimate of drug-likeness (QED) is 0.909. The second-order valence-electron chi connectivity index (χ2n) is 5.71. The van der Waals surface area contributed by atoms with Crippen LogP contribution in [0.25, 0.3) is 0 Å². The first-order chi connectivity index (χ1) is 8.56. The van der Waals surface area contributed by atoms with Crippen LogP contribution in [-0.2, 0) is 6.54 Å². The van der Waals surface area contributed by atoms with Gasteiger partial charge in [-0.15, -0.1) is 0 Å². The van der Waals surface area contributed by atoms with E-state index >= 15 is 0 Å². The van der Waals surface area contributed by atoms with Gasteiger partial charge in [0.05, 0.1) is 11.9 Å². The van der Waals surface area contributed by atoms with Gasteiger partial charge in [-0.2, -0.15) is 11.8 Å². The van der Waals surface area contributed by atoms with Gasteiger partial charge in [-0.1, -0.05) is 0 Å². The molecule has 1 aromatic heterocycles. The zero-order chi connectivity index (χ0) is 13.0. The lowest BCUT2D eigenvalue weighted by atomic mass is 10.1. The normalized spacial score (nSPS) is 16.9. The van der Waals surface area contributed by atoms with Gasteiger partial charge in [0.15, 0.2) is 0 Å². The first kappa shape index (κ1) is 13.7. The molecule has 0 unspecified atom stereocenters. The van der Waals surface area contributed by atoms with Gasteiger partial charge in [0, 0.05) is 42.9 Å². The van der Waals surface area contributed by atoms with Crippen LogP contribution in [0.2, 0.25) is 0 Å². The van der Waals surface area contributed by atoms with Gasteiger partial charge in [0.25, 0.3) is 0 Å². The molecule has 0 amide bonds. The molecule has 2 rings (SSSR count). The molecule has 2 heterocycles. The number of hydrogen-bond acceptors (Lipinski definition) is 4. The maximum atomic E-state index is 4.29. The number of rotatable bonds is 3. The predicted molar refractivity (Wildman–Crippen MR) is 80.4 cm³/mol. The lowest BCUT2D eigenvalue weighted by molar-refractivity contribution is 0.424. The zero-order valence-corrected chi connectivity index (χ0v) is 12.4. The smallest absolute Gasteiger partial charge is 0.0598 e. The van der Waals surface area contributed by atoms with Gasteiger partial charge in [0.1, 0.15) is 0 Å². The lowest BCUT2D eigenvalue weighted by Gasteiger charge is -2.30. The molecule has 0 aromatic carbocycles. The van der Waals surface area contributed by atoms with Crippen LogP contribution in [0.15, 0.2) is 18.5 Å². The number of hydrogen-bond donors (Lipinski definition) is 1. The Balaban J connectivity index is 2.09. The second-order valence-corrected chi connectivity index (χ2v) is 6.93. The van der Waals surface area contributed by atoms with Crippen molar-refractivity contribution in [2.24, 2.45) is 0 Å². The third-order valence-corrected chi connectivity index (χ3v) is 3.99. The molecule has 1 aliphatic heterocycles. The van der Waals surface area contributed by atoms with Crippen LogP contribution in [0.4, 0.5) is 5.69 Å². The minimum atomic E-state index is 0.151. The van der Waals surface area contributed by atoms with Crippen LogP contribution in [0.5, 0.6) is 0 Å². The molecule has 0 atom stereocenters. The molecule has 4 heteroatoms. The Bertz CT molecular complexity index is 381. The van der Waals surface area contributed by atoms with Gasteiger partial charge in [-0.25, -0.2) is 0 Å². The average molecular weight is 265 g/mol. The van der Waals surface area contributed by atoms with E-state index in [2.05, 4.69) is 42.0 Å². The Morgan fingerprint density at radius 1 is 1.33 bits per heavy atom. The number of anilines is 1. The molecule has 1 saturated heterocycles. The van der Waals surface area contributed by atoms with Crippen LogP contribution in [0, 0.1) is 0 Å². The van der Waals surface area contributed by atoms with Gasteiger partial charge in [-0.05, 0) is 32.4 Å². The van der Waals surface area contributed by atoms with E-state index in [-0.39, 0.29) is 5.54 Å². The highest BCUT2D eigenvalue weighted by Gasteiger charge is 2.16. The molecule has 1 aromatic rings. The third kappa shape index (κ3) is 3.89. The molecule has 1 N–H and O–H groups in total. The summed E-state index contributed by atoms with van der Waals surface area (Å²) < 4.78 is 0. The van der Waals surface area contributed by atoms with E-state index in [4.69, 9.17) is 0 Å². The summed E-state index contributed by atoms with van der Waals surface area (Å²) in [5, 5.41) is 3.56. The molecule has 0 saturated carbocycles. The molecular formula is C14H23N3S. The van der Waals surface area contributed by atoms with Gasteiger partial charge >= 0.3 is 0 Å². The van der Waals surface area contributed by atoms with E-state index in [1.807, 2.05) is 24.2 Å². The molecule has 0 radical (unpaired) electrons. The van der Waals surface area contributed by atoms with Crippen molar-refractivity contribution in [3.05, 3.63) is 24.0 Å². The maximum absolute atomic E-state index is 4.29. The first-order valence-electron chi connectivity index (χ1n) is 6.57. The summed E-state index contributed by atoms with van der Waals surface area (Å²) in [6.45, 7) is 9.78. The topological polar surface area (TPSA) is 28.2 Å². The van der Waals surface area contributed by atoms with E-state index in [9.17, 15) is 0 Å². The Morgan fingerprint density at radius 3 is 2.72 bits per heavy atom. The summed E-state index contributed by atoms with van der Waals surface area (Å²) in [5.41, 5.74) is 2.81. The van der Waals surface area contributed by atoms with E-state index in [0.717, 1.165) is 19.6 Å². The molecule has 1 aliphatic rings. The van der Waals surface area contributed by atoms with Crippen molar-refractivity contribution in [2.75, 3.05) is 29.5 Å². The van der Waals surface area contributed by atoms with Crippen molar-refractivity contribution in [1.29, 1.82) is 0 Å². The maximum Gasteiger partial charge on any atom is 0.0598 e. The van der Waals surface area contributed by atoms with Gasteiger partial charge < -0.3 is 10.2 Å². The van der Waals surface area contributed by atoms with E-state index < -0.39 is 0 Å². The standard InChI is InChI=1S/C14H23N3S/c1-14(2,3)16-10-12-4-5-15-11-13(12)17-6-8-18-9-7-17/h4-5,11,16H,6-10H2,1-3H3. The largest absolute Gasteiger partial charge is 0.368 e. The molecular weight excluding hydrogens is 242 g/mol. The molecule has 18 heavy (non-hydrogen) atoms. The monoisotopic (exact) mass is 265 g/mol. The Morgan fingerprint density at radius 2 is 2.06 bits per heavy atom. The van der Waals surface area contributed by atoms with Crippen molar-refractivity contribution in [1.82, 2.24) is 10.3 Å². The Kier molecular flexibility index (Phi) is 4.51. The second kappa shape index (κ2) is 5.93. The number of nitrogens with zero attached hydrogens (tertiary/aromatic N) is 2.